The third-order valence-corrected chi connectivity index (χ3v) is 3.46. The van der Waals surface area contributed by atoms with E-state index in [1.165, 1.54) is 0 Å². The Morgan fingerprint density at radius 1 is 1.53 bits per heavy atom. The number of aromatic nitrogens is 1. The number of rotatable bonds is 2. The lowest BCUT2D eigenvalue weighted by atomic mass is 10.3. The van der Waals surface area contributed by atoms with Crippen LogP contribution in [0.15, 0.2) is 15.6 Å². The molecule has 0 saturated carbocycles. The van der Waals surface area contributed by atoms with Gasteiger partial charge in [-0.15, -0.1) is 0 Å². The molecule has 0 aliphatic rings. The monoisotopic (exact) mass is 320 g/mol. The van der Waals surface area contributed by atoms with Crippen molar-refractivity contribution in [3.63, 3.8) is 0 Å². The number of halogens is 4. The van der Waals surface area contributed by atoms with Crippen molar-refractivity contribution < 1.29 is 17.2 Å². The largest absolute Gasteiger partial charge is 0.281 e. The van der Waals surface area contributed by atoms with E-state index >= 15 is 0 Å². The second-order valence-corrected chi connectivity index (χ2v) is 5.23. The van der Waals surface area contributed by atoms with Gasteiger partial charge in [0, 0.05) is 4.47 Å². The highest BCUT2D eigenvalue weighted by Gasteiger charge is 2.21. The van der Waals surface area contributed by atoms with E-state index in [0.717, 1.165) is 6.07 Å². The van der Waals surface area contributed by atoms with Crippen molar-refractivity contribution in [2.45, 2.75) is 11.5 Å². The minimum Gasteiger partial charge on any atom is -0.232 e. The summed E-state index contributed by atoms with van der Waals surface area (Å²) in [5.41, 5.74) is -0.824. The lowest BCUT2D eigenvalue weighted by Gasteiger charge is -2.06. The summed E-state index contributed by atoms with van der Waals surface area (Å²) in [6.07, 6.45) is -2.98. The van der Waals surface area contributed by atoms with Crippen LogP contribution in [-0.2, 0) is 10.0 Å². The number of nitrogens with zero attached hydrogens (tertiary/aromatic N) is 1. The van der Waals surface area contributed by atoms with E-state index in [1.54, 1.807) is 0 Å². The second kappa shape index (κ2) is 4.28. The van der Waals surface area contributed by atoms with Crippen LogP contribution in [0.1, 0.15) is 12.1 Å². The van der Waals surface area contributed by atoms with Crippen molar-refractivity contribution in [3.8, 4) is 0 Å². The molecule has 1 aromatic rings. The van der Waals surface area contributed by atoms with Gasteiger partial charge in [0.05, 0.1) is 5.02 Å². The number of pyridine rings is 1. The van der Waals surface area contributed by atoms with Crippen molar-refractivity contribution in [1.82, 2.24) is 4.98 Å². The summed E-state index contributed by atoms with van der Waals surface area (Å²) in [5.74, 6) is 0. The Morgan fingerprint density at radius 3 is 2.47 bits per heavy atom. The van der Waals surface area contributed by atoms with Gasteiger partial charge in [-0.25, -0.2) is 27.3 Å². The van der Waals surface area contributed by atoms with Gasteiger partial charge >= 0.3 is 0 Å². The lowest BCUT2D eigenvalue weighted by molar-refractivity contribution is 0.145. The van der Waals surface area contributed by atoms with Gasteiger partial charge in [-0.05, 0) is 22.0 Å². The van der Waals surface area contributed by atoms with E-state index < -0.39 is 27.2 Å². The highest BCUT2D eigenvalue weighted by Crippen LogP contribution is 2.32. The normalized spacial score (nSPS) is 12.1. The van der Waals surface area contributed by atoms with Gasteiger partial charge in [0.2, 0.25) is 0 Å². The van der Waals surface area contributed by atoms with Crippen LogP contribution >= 0.6 is 27.5 Å². The van der Waals surface area contributed by atoms with Crippen LogP contribution in [0.2, 0.25) is 5.02 Å². The topological polar surface area (TPSA) is 73.1 Å². The molecule has 0 aromatic carbocycles. The molecule has 9 heteroatoms. The van der Waals surface area contributed by atoms with Crippen LogP contribution in [0.4, 0.5) is 8.78 Å². The molecule has 1 rings (SSSR count). The summed E-state index contributed by atoms with van der Waals surface area (Å²) < 4.78 is 46.5. The number of hydrogen-bond acceptors (Lipinski definition) is 3. The molecule has 0 amide bonds. The van der Waals surface area contributed by atoms with E-state index in [1.807, 2.05) is 0 Å². The van der Waals surface area contributed by atoms with Gasteiger partial charge in [0.1, 0.15) is 5.69 Å². The summed E-state index contributed by atoms with van der Waals surface area (Å²) in [7, 11) is -4.13. The minimum atomic E-state index is -4.13. The molecule has 0 spiro atoms. The van der Waals surface area contributed by atoms with E-state index in [-0.39, 0.29) is 9.50 Å². The molecule has 1 aromatic heterocycles. The predicted molar refractivity (Wildman–Crippen MR) is 53.3 cm³/mol. The Kier molecular flexibility index (Phi) is 3.64. The van der Waals surface area contributed by atoms with Gasteiger partial charge in [-0.2, -0.15) is 0 Å². The van der Waals surface area contributed by atoms with Crippen molar-refractivity contribution in [1.29, 1.82) is 0 Å². The predicted octanol–water partition coefficient (Wildman–Crippen LogP) is 2.08. The zero-order valence-corrected chi connectivity index (χ0v) is 10.1. The van der Waals surface area contributed by atoms with Crippen LogP contribution in [-0.4, -0.2) is 13.4 Å². The molecule has 0 fully saturated rings. The Morgan fingerprint density at radius 2 is 2.07 bits per heavy atom. The minimum absolute atomic E-state index is 0.00140. The van der Waals surface area contributed by atoms with Crippen molar-refractivity contribution in [2.24, 2.45) is 5.14 Å². The third-order valence-electron chi connectivity index (χ3n) is 1.41. The summed E-state index contributed by atoms with van der Waals surface area (Å²) in [5, 5.41) is 3.75. The van der Waals surface area contributed by atoms with Crippen LogP contribution < -0.4 is 5.14 Å². The lowest BCUT2D eigenvalue weighted by Crippen LogP contribution is -2.15. The number of sulfonamides is 1. The van der Waals surface area contributed by atoms with E-state index in [9.17, 15) is 17.2 Å². The van der Waals surface area contributed by atoms with Crippen LogP contribution in [0, 0.1) is 0 Å². The Labute approximate surface area is 97.6 Å². The summed E-state index contributed by atoms with van der Waals surface area (Å²) in [6.45, 7) is 0. The number of primary sulfonamides is 1. The molecule has 1 heterocycles. The number of alkyl halides is 2. The summed E-state index contributed by atoms with van der Waals surface area (Å²) in [6, 6.07) is 0.962. The van der Waals surface area contributed by atoms with E-state index in [2.05, 4.69) is 20.9 Å². The maximum Gasteiger partial charge on any atom is 0.281 e. The summed E-state index contributed by atoms with van der Waals surface area (Å²) in [4.78, 5) is 3.18. The van der Waals surface area contributed by atoms with Gasteiger partial charge in [0.15, 0.2) is 5.03 Å². The fraction of sp³-hybridized carbons (Fsp3) is 0.167. The zero-order valence-electron chi connectivity index (χ0n) is 6.92. The number of hydrogen-bond donors (Lipinski definition) is 1. The van der Waals surface area contributed by atoms with Crippen molar-refractivity contribution in [2.75, 3.05) is 0 Å². The zero-order chi connectivity index (χ0) is 11.8. The average Bonchev–Trinajstić information content (AvgIpc) is 2.06. The quantitative estimate of drug-likeness (QED) is 0.906. The molecule has 15 heavy (non-hydrogen) atoms. The molecule has 4 nitrogen and oxygen atoms in total. The first kappa shape index (κ1) is 12.8. The fourth-order valence-corrected chi connectivity index (χ4v) is 2.04. The van der Waals surface area contributed by atoms with Crippen LogP contribution in [0.3, 0.4) is 0 Å². The Bertz CT molecular complexity index is 494. The molecule has 0 radical (unpaired) electrons. The number of nitrogens with two attached hydrogens (primary N) is 1. The Balaban J connectivity index is 3.50. The third kappa shape index (κ3) is 2.83. The molecule has 0 atom stereocenters. The van der Waals surface area contributed by atoms with Gasteiger partial charge < -0.3 is 0 Å². The maximum absolute atomic E-state index is 12.4. The molecule has 0 unspecified atom stereocenters. The van der Waals surface area contributed by atoms with Gasteiger partial charge in [-0.3, -0.25) is 0 Å². The SMILES string of the molecule is NS(=O)(=O)c1cc(Br)c(Cl)c(C(F)F)n1. The van der Waals surface area contributed by atoms with E-state index in [0.29, 0.717) is 0 Å². The molecule has 0 saturated heterocycles. The first-order valence-corrected chi connectivity index (χ1v) is 6.12. The molecule has 84 valence electrons. The second-order valence-electron chi connectivity index (χ2n) is 2.49. The van der Waals surface area contributed by atoms with Crippen molar-refractivity contribution in [3.05, 3.63) is 21.3 Å². The first-order valence-electron chi connectivity index (χ1n) is 3.40. The van der Waals surface area contributed by atoms with Crippen LogP contribution in [0.5, 0.6) is 0 Å². The molecular weight excluding hydrogens is 317 g/mol. The first-order chi connectivity index (χ1) is 6.73. The average molecular weight is 322 g/mol. The highest BCUT2D eigenvalue weighted by atomic mass is 79.9. The van der Waals surface area contributed by atoms with Crippen molar-refractivity contribution >= 4 is 37.6 Å². The smallest absolute Gasteiger partial charge is 0.232 e. The molecule has 0 aliphatic carbocycles. The van der Waals surface area contributed by atoms with Crippen LogP contribution in [0.25, 0.3) is 0 Å². The molecular formula is C6H4BrClF2N2O2S. The fourth-order valence-electron chi connectivity index (χ4n) is 0.785. The van der Waals surface area contributed by atoms with E-state index in [4.69, 9.17) is 16.7 Å². The molecule has 0 aliphatic heterocycles. The van der Waals surface area contributed by atoms with Gasteiger partial charge in [0.25, 0.3) is 16.4 Å². The molecule has 0 bridgehead atoms. The Hall–Kier alpha value is -0.310. The maximum atomic E-state index is 12.4. The summed E-state index contributed by atoms with van der Waals surface area (Å²) >= 11 is 8.32. The highest BCUT2D eigenvalue weighted by molar-refractivity contribution is 9.10. The van der Waals surface area contributed by atoms with Gasteiger partial charge in [-0.1, -0.05) is 11.6 Å². The standard InChI is InChI=1S/C6H4BrClF2N2O2S/c7-2-1-3(15(11,13)14)12-5(4(2)8)6(9)10/h1,6H,(H2,11,13,14). The molecule has 2 N–H and O–H groups in total.